The summed E-state index contributed by atoms with van der Waals surface area (Å²) in [5.74, 6) is 0.276. The number of piperidine rings is 2. The van der Waals surface area contributed by atoms with E-state index in [9.17, 15) is 23.6 Å². The molecule has 4 amide bonds. The van der Waals surface area contributed by atoms with Gasteiger partial charge in [-0.2, -0.15) is 0 Å². The van der Waals surface area contributed by atoms with Crippen molar-refractivity contribution in [3.8, 4) is 11.5 Å². The summed E-state index contributed by atoms with van der Waals surface area (Å²) < 4.78 is 25.9. The van der Waals surface area contributed by atoms with Gasteiger partial charge in [-0.25, -0.2) is 14.4 Å². The number of rotatable bonds is 12. The van der Waals surface area contributed by atoms with Crippen LogP contribution in [0.25, 0.3) is 22.1 Å². The van der Waals surface area contributed by atoms with E-state index in [2.05, 4.69) is 43.7 Å². The number of aromatic amines is 2. The van der Waals surface area contributed by atoms with Crippen LogP contribution >= 0.6 is 0 Å². The van der Waals surface area contributed by atoms with E-state index in [4.69, 9.17) is 9.47 Å². The van der Waals surface area contributed by atoms with Crippen LogP contribution in [0.3, 0.4) is 0 Å². The van der Waals surface area contributed by atoms with Gasteiger partial charge in [-0.3, -0.25) is 19.2 Å². The molecule has 7 rings (SSSR count). The lowest BCUT2D eigenvalue weighted by molar-refractivity contribution is -0.128. The molecular weight excluding hydrogens is 732 g/mol. The van der Waals surface area contributed by atoms with Crippen molar-refractivity contribution < 1.29 is 33.0 Å². The van der Waals surface area contributed by atoms with Crippen molar-refractivity contribution in [1.82, 2.24) is 40.4 Å². The van der Waals surface area contributed by atoms with Gasteiger partial charge >= 0.3 is 0 Å². The molecule has 0 unspecified atom stereocenters. The molecule has 6 heterocycles. The maximum absolute atomic E-state index is 13.8. The maximum Gasteiger partial charge on any atom is 0.253 e. The summed E-state index contributed by atoms with van der Waals surface area (Å²) in [6, 6.07) is 9.94. The Labute approximate surface area is 329 Å². The molecule has 4 aromatic heterocycles. The monoisotopic (exact) mass is 778 g/mol. The Bertz CT molecular complexity index is 2240. The number of pyridine rings is 2. The molecule has 0 spiro atoms. The predicted molar refractivity (Wildman–Crippen MR) is 213 cm³/mol. The highest BCUT2D eigenvalue weighted by atomic mass is 19.1. The van der Waals surface area contributed by atoms with Crippen molar-refractivity contribution in [2.75, 3.05) is 32.7 Å². The van der Waals surface area contributed by atoms with Crippen LogP contribution in [-0.4, -0.2) is 98.3 Å². The lowest BCUT2D eigenvalue weighted by Gasteiger charge is -2.31. The van der Waals surface area contributed by atoms with Crippen LogP contribution in [-0.2, 0) is 16.1 Å². The zero-order valence-corrected chi connectivity index (χ0v) is 31.9. The molecular formula is C42H47FN8O6. The molecule has 298 valence electrons. The number of H-pyrrole nitrogens is 2. The van der Waals surface area contributed by atoms with Crippen LogP contribution < -0.4 is 20.1 Å². The van der Waals surface area contributed by atoms with Crippen LogP contribution in [0.2, 0.25) is 0 Å². The number of hydrogen-bond donors (Lipinski definition) is 4. The molecule has 0 saturated carbocycles. The molecule has 5 aromatic rings. The Morgan fingerprint density at radius 2 is 1.26 bits per heavy atom. The number of nitrogens with one attached hydrogen (secondary N) is 4. The van der Waals surface area contributed by atoms with Gasteiger partial charge < -0.3 is 39.9 Å². The largest absolute Gasteiger partial charge is 0.489 e. The number of halogens is 1. The SMILES string of the molecule is C=CC(=O)N1CCC(Oc2cnc3[nH]cc(C(=O)NCCC)c3c2)CC1.C=CC(=O)N1CCC(Oc2cnc3[nH]cc(C(=O)NCc4ccccc4F)c3c2)CC1. The third-order valence-electron chi connectivity index (χ3n) is 9.90. The number of nitrogens with zero attached hydrogens (tertiary/aromatic N) is 4. The van der Waals surface area contributed by atoms with E-state index in [0.717, 1.165) is 24.6 Å². The zero-order chi connectivity index (χ0) is 40.3. The molecule has 0 bridgehead atoms. The fourth-order valence-electron chi connectivity index (χ4n) is 6.75. The van der Waals surface area contributed by atoms with Crippen LogP contribution in [0.15, 0.2) is 86.5 Å². The first-order chi connectivity index (χ1) is 27.7. The van der Waals surface area contributed by atoms with E-state index in [-0.39, 0.29) is 48.2 Å². The summed E-state index contributed by atoms with van der Waals surface area (Å²) in [5, 5.41) is 6.99. The van der Waals surface area contributed by atoms with Gasteiger partial charge in [-0.15, -0.1) is 0 Å². The molecule has 57 heavy (non-hydrogen) atoms. The van der Waals surface area contributed by atoms with Crippen molar-refractivity contribution in [2.45, 2.75) is 57.8 Å². The summed E-state index contributed by atoms with van der Waals surface area (Å²) in [7, 11) is 0. The predicted octanol–water partition coefficient (Wildman–Crippen LogP) is 5.45. The van der Waals surface area contributed by atoms with Gasteiger partial charge in [-0.1, -0.05) is 38.3 Å². The van der Waals surface area contributed by atoms with E-state index >= 15 is 0 Å². The first kappa shape index (κ1) is 40.2. The van der Waals surface area contributed by atoms with Gasteiger partial charge in [0.15, 0.2) is 0 Å². The van der Waals surface area contributed by atoms with Gasteiger partial charge in [0.1, 0.15) is 40.8 Å². The lowest BCUT2D eigenvalue weighted by atomic mass is 10.1. The van der Waals surface area contributed by atoms with Crippen molar-refractivity contribution in [2.24, 2.45) is 0 Å². The molecule has 0 radical (unpaired) electrons. The molecule has 4 N–H and O–H groups in total. The third kappa shape index (κ3) is 10.0. The van der Waals surface area contributed by atoms with Gasteiger partial charge in [0.25, 0.3) is 11.8 Å². The van der Waals surface area contributed by atoms with Gasteiger partial charge in [0.05, 0.1) is 23.5 Å². The third-order valence-corrected chi connectivity index (χ3v) is 9.90. The summed E-state index contributed by atoms with van der Waals surface area (Å²) in [6.45, 7) is 12.3. The smallest absolute Gasteiger partial charge is 0.253 e. The molecule has 2 aliphatic heterocycles. The number of aromatic nitrogens is 4. The van der Waals surface area contributed by atoms with E-state index in [0.29, 0.717) is 90.4 Å². The molecule has 1 aromatic carbocycles. The highest BCUT2D eigenvalue weighted by Crippen LogP contribution is 2.26. The molecule has 15 heteroatoms. The van der Waals surface area contributed by atoms with Crippen LogP contribution in [0.1, 0.15) is 65.3 Å². The first-order valence-corrected chi connectivity index (χ1v) is 19.1. The number of ether oxygens (including phenoxy) is 2. The second kappa shape index (κ2) is 18.9. The van der Waals surface area contributed by atoms with Gasteiger partial charge in [0, 0.05) is 93.7 Å². The van der Waals surface area contributed by atoms with E-state index in [1.165, 1.54) is 18.2 Å². The Morgan fingerprint density at radius 1 is 0.789 bits per heavy atom. The number of carbonyl (C=O) groups excluding carboxylic acids is 4. The minimum absolute atomic E-state index is 0.0272. The van der Waals surface area contributed by atoms with Crippen molar-refractivity contribution in [3.63, 3.8) is 0 Å². The maximum atomic E-state index is 13.8. The van der Waals surface area contributed by atoms with Crippen LogP contribution in [0.4, 0.5) is 4.39 Å². The zero-order valence-electron chi connectivity index (χ0n) is 31.9. The molecule has 2 aliphatic rings. The van der Waals surface area contributed by atoms with Crippen LogP contribution in [0.5, 0.6) is 11.5 Å². The Kier molecular flexibility index (Phi) is 13.3. The molecule has 0 atom stereocenters. The van der Waals surface area contributed by atoms with Crippen molar-refractivity contribution in [3.05, 3.63) is 109 Å². The molecule has 2 saturated heterocycles. The Hall–Kier alpha value is -6.51. The van der Waals surface area contributed by atoms with Gasteiger partial charge in [-0.05, 0) is 36.8 Å². The Balaban J connectivity index is 0.000000196. The highest BCUT2D eigenvalue weighted by molar-refractivity contribution is 6.07. The number of fused-ring (bicyclic) bond motifs is 2. The fourth-order valence-corrected chi connectivity index (χ4v) is 6.75. The van der Waals surface area contributed by atoms with E-state index in [1.54, 1.807) is 58.9 Å². The fraction of sp³-hybridized carbons (Fsp3) is 0.333. The average molecular weight is 779 g/mol. The van der Waals surface area contributed by atoms with E-state index < -0.39 is 0 Å². The topological polar surface area (TPSA) is 175 Å². The minimum atomic E-state index is -0.361. The minimum Gasteiger partial charge on any atom is -0.489 e. The van der Waals surface area contributed by atoms with Crippen LogP contribution in [0, 0.1) is 5.82 Å². The normalized spacial score (nSPS) is 14.7. The van der Waals surface area contributed by atoms with Crippen molar-refractivity contribution in [1.29, 1.82) is 0 Å². The lowest BCUT2D eigenvalue weighted by Crippen LogP contribution is -2.41. The number of hydrogen-bond acceptors (Lipinski definition) is 8. The highest BCUT2D eigenvalue weighted by Gasteiger charge is 2.25. The molecule has 0 aliphatic carbocycles. The average Bonchev–Trinajstić information content (AvgIpc) is 3.87. The second-order valence-electron chi connectivity index (χ2n) is 13.8. The number of likely N-dealkylation sites (tertiary alicyclic amines) is 2. The summed E-state index contributed by atoms with van der Waals surface area (Å²) in [4.78, 5) is 66.5. The van der Waals surface area contributed by atoms with E-state index in [1.807, 2.05) is 13.0 Å². The quantitative estimate of drug-likeness (QED) is 0.121. The summed E-state index contributed by atoms with van der Waals surface area (Å²) in [5.41, 5.74) is 2.62. The summed E-state index contributed by atoms with van der Waals surface area (Å²) >= 11 is 0. The number of carbonyl (C=O) groups is 4. The summed E-state index contributed by atoms with van der Waals surface area (Å²) in [6.07, 6.45) is 13.0. The number of amides is 4. The Morgan fingerprint density at radius 3 is 1.72 bits per heavy atom. The molecule has 2 fully saturated rings. The standard InChI is InChI=1S/C23H23FN4O3.C19H24N4O3/c1-2-21(29)28-9-7-16(8-10-28)31-17-11-18-19(14-26-22(18)25-13-17)23(30)27-12-15-5-3-4-6-20(15)24;1-3-7-20-19(25)16-12-22-18-15(16)10-14(11-21-18)26-13-5-8-23(9-6-13)17(24)4-2/h2-6,11,13-14,16H,1,7-10,12H2,(H,25,26)(H,27,30);4,10-13H,2-3,5-9H2,1H3,(H,20,25)(H,21,22). The second-order valence-corrected chi connectivity index (χ2v) is 13.8. The number of benzene rings is 1. The van der Waals surface area contributed by atoms with Gasteiger partial charge in [0.2, 0.25) is 11.8 Å². The molecule has 14 nitrogen and oxygen atoms in total. The van der Waals surface area contributed by atoms with Crippen molar-refractivity contribution >= 4 is 45.7 Å². The first-order valence-electron chi connectivity index (χ1n) is 19.1.